The summed E-state index contributed by atoms with van der Waals surface area (Å²) in [7, 11) is 1.72. The lowest BCUT2D eigenvalue weighted by molar-refractivity contribution is -0.124. The third-order valence-electron chi connectivity index (χ3n) is 5.41. The number of aliphatic hydroxyl groups is 1. The van der Waals surface area contributed by atoms with E-state index in [2.05, 4.69) is 20.6 Å². The Morgan fingerprint density at radius 2 is 2.14 bits per heavy atom. The van der Waals surface area contributed by atoms with Crippen LogP contribution in [-0.4, -0.2) is 57.2 Å². The number of aromatic nitrogens is 3. The van der Waals surface area contributed by atoms with Gasteiger partial charge < -0.3 is 30.9 Å². The molecular weight excluding hydrogens is 374 g/mol. The smallest absolute Gasteiger partial charge is 0.259 e. The van der Waals surface area contributed by atoms with E-state index in [1.54, 1.807) is 34.8 Å². The minimum Gasteiger partial charge on any atom is -0.404 e. The highest BCUT2D eigenvalue weighted by Crippen LogP contribution is 2.29. The van der Waals surface area contributed by atoms with Crippen LogP contribution in [0.1, 0.15) is 5.82 Å². The van der Waals surface area contributed by atoms with Crippen molar-refractivity contribution >= 4 is 28.8 Å². The van der Waals surface area contributed by atoms with E-state index in [9.17, 15) is 14.7 Å². The zero-order chi connectivity index (χ0) is 20.5. The molecular formula is C19H23N7O3. The van der Waals surface area contributed by atoms with Crippen molar-refractivity contribution in [2.45, 2.75) is 6.54 Å². The Balaban J connectivity index is 1.87. The maximum Gasteiger partial charge on any atom is 0.259 e. The van der Waals surface area contributed by atoms with E-state index in [-0.39, 0.29) is 41.3 Å². The summed E-state index contributed by atoms with van der Waals surface area (Å²) < 4.78 is 1.60. The van der Waals surface area contributed by atoms with Gasteiger partial charge in [0.2, 0.25) is 0 Å². The van der Waals surface area contributed by atoms with E-state index in [4.69, 9.17) is 5.73 Å². The molecule has 152 valence electrons. The van der Waals surface area contributed by atoms with Crippen LogP contribution < -0.4 is 21.9 Å². The minimum atomic E-state index is -0.300. The van der Waals surface area contributed by atoms with Crippen LogP contribution in [0.5, 0.6) is 0 Å². The predicted molar refractivity (Wildman–Crippen MR) is 108 cm³/mol. The fraction of sp³-hybridized carbons (Fsp3) is 0.368. The van der Waals surface area contributed by atoms with Gasteiger partial charge in [0.05, 0.1) is 11.3 Å². The number of rotatable bonds is 2. The molecule has 2 aliphatic heterocycles. The number of fused-ring (bicyclic) bond motifs is 6. The topological polar surface area (TPSA) is 138 Å². The van der Waals surface area contributed by atoms with Crippen molar-refractivity contribution in [3.05, 3.63) is 46.8 Å². The molecule has 1 amide bonds. The number of aliphatic hydroxyl groups excluding tert-OH is 1. The van der Waals surface area contributed by atoms with E-state index in [1.807, 2.05) is 0 Å². The first-order valence-corrected chi connectivity index (χ1v) is 9.39. The summed E-state index contributed by atoms with van der Waals surface area (Å²) in [5.41, 5.74) is 6.50. The summed E-state index contributed by atoms with van der Waals surface area (Å²) >= 11 is 0. The number of pyridine rings is 1. The van der Waals surface area contributed by atoms with Crippen LogP contribution in [0.15, 0.2) is 35.4 Å². The van der Waals surface area contributed by atoms with E-state index >= 15 is 0 Å². The molecule has 10 heteroatoms. The van der Waals surface area contributed by atoms with Gasteiger partial charge in [0.25, 0.3) is 11.5 Å². The van der Waals surface area contributed by atoms with Crippen molar-refractivity contribution in [3.63, 3.8) is 0 Å². The van der Waals surface area contributed by atoms with Gasteiger partial charge in [0.1, 0.15) is 11.6 Å². The fourth-order valence-corrected chi connectivity index (χ4v) is 3.84. The highest BCUT2D eigenvalue weighted by Gasteiger charge is 2.37. The number of hydrogen-bond donors (Lipinski definition) is 4. The lowest BCUT2D eigenvalue weighted by Gasteiger charge is -2.18. The molecule has 1 fully saturated rings. The number of nitrogens with one attached hydrogen (secondary N) is 2. The van der Waals surface area contributed by atoms with Gasteiger partial charge in [-0.05, 0) is 6.07 Å². The Morgan fingerprint density at radius 3 is 2.86 bits per heavy atom. The second-order valence-corrected chi connectivity index (χ2v) is 7.24. The molecule has 4 heterocycles. The highest BCUT2D eigenvalue weighted by atomic mass is 16.3. The van der Waals surface area contributed by atoms with E-state index in [0.29, 0.717) is 37.0 Å². The van der Waals surface area contributed by atoms with Crippen molar-refractivity contribution in [2.24, 2.45) is 17.6 Å². The lowest BCUT2D eigenvalue weighted by Crippen LogP contribution is -2.31. The van der Waals surface area contributed by atoms with Crippen LogP contribution in [-0.2, 0) is 11.3 Å². The molecule has 1 saturated heterocycles. The number of nitrogens with zero attached hydrogens (tertiary/aromatic N) is 4. The summed E-state index contributed by atoms with van der Waals surface area (Å²) in [5, 5.41) is 15.9. The average molecular weight is 397 g/mol. The molecule has 29 heavy (non-hydrogen) atoms. The quantitative estimate of drug-likeness (QED) is 0.511. The van der Waals surface area contributed by atoms with Crippen LogP contribution in [0, 0.1) is 11.8 Å². The molecule has 6 bridgehead atoms. The van der Waals surface area contributed by atoms with Crippen LogP contribution in [0.3, 0.4) is 0 Å². The van der Waals surface area contributed by atoms with E-state index in [0.717, 1.165) is 0 Å². The van der Waals surface area contributed by atoms with Crippen LogP contribution in [0.25, 0.3) is 5.57 Å². The number of carbonyl (C=O) groups is 1. The third kappa shape index (κ3) is 3.54. The van der Waals surface area contributed by atoms with Crippen molar-refractivity contribution in [3.8, 4) is 0 Å². The molecule has 2 aliphatic rings. The van der Waals surface area contributed by atoms with Gasteiger partial charge in [-0.25, -0.2) is 9.97 Å². The number of anilines is 3. The summed E-state index contributed by atoms with van der Waals surface area (Å²) in [4.78, 5) is 36.0. The Morgan fingerprint density at radius 1 is 1.31 bits per heavy atom. The second-order valence-electron chi connectivity index (χ2n) is 7.24. The summed E-state index contributed by atoms with van der Waals surface area (Å²) in [6.07, 6.45) is 2.94. The maximum absolute atomic E-state index is 13.2. The molecule has 0 radical (unpaired) electrons. The molecule has 0 aliphatic carbocycles. The molecule has 0 aromatic carbocycles. The lowest BCUT2D eigenvalue weighted by atomic mass is 9.97. The van der Waals surface area contributed by atoms with Gasteiger partial charge in [-0.3, -0.25) is 9.59 Å². The van der Waals surface area contributed by atoms with Crippen molar-refractivity contribution in [1.82, 2.24) is 19.4 Å². The van der Waals surface area contributed by atoms with Crippen molar-refractivity contribution < 1.29 is 9.90 Å². The zero-order valence-electron chi connectivity index (χ0n) is 16.0. The first kappa shape index (κ1) is 18.9. The van der Waals surface area contributed by atoms with Crippen LogP contribution in [0.4, 0.5) is 17.3 Å². The van der Waals surface area contributed by atoms with Gasteiger partial charge >= 0.3 is 0 Å². The van der Waals surface area contributed by atoms with Gasteiger partial charge in [-0.15, -0.1) is 0 Å². The molecule has 0 spiro atoms. The zero-order valence-corrected chi connectivity index (χ0v) is 16.0. The molecule has 10 nitrogen and oxygen atoms in total. The van der Waals surface area contributed by atoms with Gasteiger partial charge in [-0.1, -0.05) is 0 Å². The molecule has 2 atom stereocenters. The SMILES string of the molecule is CNc1cc2nc(n1)/C(=C\N)C(=O)N1CC(CO)C(C1)Cn1cc(ccc1=O)N2. The van der Waals surface area contributed by atoms with Crippen molar-refractivity contribution in [2.75, 3.05) is 37.4 Å². The largest absolute Gasteiger partial charge is 0.404 e. The number of nitrogens with two attached hydrogens (primary N) is 1. The molecule has 2 unspecified atom stereocenters. The Kier molecular flexibility index (Phi) is 4.93. The third-order valence-corrected chi connectivity index (χ3v) is 5.41. The normalized spacial score (nSPS) is 22.5. The fourth-order valence-electron chi connectivity index (χ4n) is 3.84. The van der Waals surface area contributed by atoms with E-state index in [1.165, 1.54) is 12.3 Å². The van der Waals surface area contributed by atoms with Crippen LogP contribution in [0.2, 0.25) is 0 Å². The average Bonchev–Trinajstić information content (AvgIpc) is 3.13. The van der Waals surface area contributed by atoms with Gasteiger partial charge in [-0.2, -0.15) is 0 Å². The van der Waals surface area contributed by atoms with Gasteiger partial charge in [0, 0.05) is 69.7 Å². The first-order valence-electron chi connectivity index (χ1n) is 9.39. The first-order chi connectivity index (χ1) is 14.0. The summed E-state index contributed by atoms with van der Waals surface area (Å²) in [6.45, 7) is 1.11. The molecule has 5 N–H and O–H groups in total. The number of carbonyl (C=O) groups excluding carboxylic acids is 1. The standard InChI is InChI=1S/C19H23N7O3/c1-21-15-4-16-22-13-2-3-17(28)25(9-13)6-11-7-26(8-12(11)10-27)19(29)14(5-20)18(23-15)24-16/h2-5,9,11-12,27H,6-8,10,20H2,1H3,(H2,21,22,23,24)/b14-5+. The van der Waals surface area contributed by atoms with Crippen LogP contribution >= 0.6 is 0 Å². The Labute approximate surface area is 167 Å². The monoisotopic (exact) mass is 397 g/mol. The Bertz CT molecular complexity index is 1030. The second kappa shape index (κ2) is 7.55. The molecule has 2 aromatic heterocycles. The maximum atomic E-state index is 13.2. The molecule has 4 rings (SSSR count). The summed E-state index contributed by atoms with van der Waals surface area (Å²) in [5.74, 6) is 0.678. The molecule has 2 aromatic rings. The molecule has 0 saturated carbocycles. The van der Waals surface area contributed by atoms with Gasteiger partial charge in [0.15, 0.2) is 5.82 Å². The summed E-state index contributed by atoms with van der Waals surface area (Å²) in [6, 6.07) is 4.86. The van der Waals surface area contributed by atoms with Crippen molar-refractivity contribution in [1.29, 1.82) is 0 Å². The highest BCUT2D eigenvalue weighted by molar-refractivity contribution is 6.18. The predicted octanol–water partition coefficient (Wildman–Crippen LogP) is -0.196. The van der Waals surface area contributed by atoms with E-state index < -0.39 is 0 Å². The minimum absolute atomic E-state index is 0.0615. The number of amides is 1. The Hall–Kier alpha value is -3.40. The number of hydrogen-bond acceptors (Lipinski definition) is 8.